The van der Waals surface area contributed by atoms with Gasteiger partial charge in [-0.1, -0.05) is 36.4 Å². The Morgan fingerprint density at radius 3 is 2.62 bits per heavy atom. The van der Waals surface area contributed by atoms with E-state index in [1.54, 1.807) is 0 Å². The molecule has 0 spiro atoms. The van der Waals surface area contributed by atoms with Gasteiger partial charge in [-0.2, -0.15) is 0 Å². The average molecular weight is 176 g/mol. The molecule has 0 atom stereocenters. The van der Waals surface area contributed by atoms with Gasteiger partial charge in [-0.25, -0.2) is 0 Å². The van der Waals surface area contributed by atoms with Crippen LogP contribution in [0.3, 0.4) is 0 Å². The highest BCUT2D eigenvalue weighted by molar-refractivity contribution is 5.63. The van der Waals surface area contributed by atoms with Gasteiger partial charge in [-0.05, 0) is 30.9 Å². The van der Waals surface area contributed by atoms with Gasteiger partial charge < -0.3 is 5.11 Å². The zero-order valence-corrected chi connectivity index (χ0v) is 8.03. The summed E-state index contributed by atoms with van der Waals surface area (Å²) in [5.74, 6) is 0. The Balaban J connectivity index is 2.57. The summed E-state index contributed by atoms with van der Waals surface area (Å²) in [6, 6.07) is 10.3. The van der Waals surface area contributed by atoms with Gasteiger partial charge in [0, 0.05) is 6.61 Å². The first kappa shape index (κ1) is 10.0. The highest BCUT2D eigenvalue weighted by Gasteiger charge is 1.92. The third-order valence-corrected chi connectivity index (χ3v) is 2.04. The smallest absolute Gasteiger partial charge is 0.0433 e. The van der Waals surface area contributed by atoms with Crippen molar-refractivity contribution < 1.29 is 5.11 Å². The summed E-state index contributed by atoms with van der Waals surface area (Å²) >= 11 is 0. The van der Waals surface area contributed by atoms with Crippen LogP contribution in [-0.2, 0) is 0 Å². The maximum Gasteiger partial charge on any atom is 0.0433 e. The van der Waals surface area contributed by atoms with Crippen LogP contribution in [0.4, 0.5) is 0 Å². The fourth-order valence-electron chi connectivity index (χ4n) is 1.23. The molecule has 0 fully saturated rings. The number of hydrogen-bond acceptors (Lipinski definition) is 1. The van der Waals surface area contributed by atoms with E-state index >= 15 is 0 Å². The summed E-state index contributed by atoms with van der Waals surface area (Å²) in [6.07, 6.45) is 3.98. The minimum absolute atomic E-state index is 0.276. The van der Waals surface area contributed by atoms with Crippen molar-refractivity contribution >= 4 is 5.57 Å². The highest BCUT2D eigenvalue weighted by Crippen LogP contribution is 2.13. The zero-order chi connectivity index (χ0) is 9.52. The summed E-state index contributed by atoms with van der Waals surface area (Å²) in [7, 11) is 0. The number of unbranched alkanes of at least 4 members (excludes halogenated alkanes) is 1. The van der Waals surface area contributed by atoms with E-state index in [1.165, 1.54) is 11.1 Å². The molecule has 0 aromatic heterocycles. The fraction of sp³-hybridized carbons (Fsp3) is 0.333. The minimum Gasteiger partial charge on any atom is -0.396 e. The molecule has 0 heterocycles. The van der Waals surface area contributed by atoms with Crippen molar-refractivity contribution in [1.82, 2.24) is 0 Å². The Morgan fingerprint density at radius 2 is 2.00 bits per heavy atom. The second-order valence-electron chi connectivity index (χ2n) is 3.12. The molecule has 0 aliphatic carbocycles. The first-order valence-corrected chi connectivity index (χ1v) is 4.67. The van der Waals surface area contributed by atoms with Crippen molar-refractivity contribution in [2.75, 3.05) is 6.61 Å². The second kappa shape index (κ2) is 5.55. The Labute approximate surface area is 79.7 Å². The van der Waals surface area contributed by atoms with Crippen molar-refractivity contribution in [3.8, 4) is 0 Å². The number of hydrogen-bond donors (Lipinski definition) is 1. The van der Waals surface area contributed by atoms with E-state index in [0.717, 1.165) is 12.8 Å². The van der Waals surface area contributed by atoms with Crippen LogP contribution in [0.15, 0.2) is 36.4 Å². The van der Waals surface area contributed by atoms with E-state index in [9.17, 15) is 0 Å². The first-order chi connectivity index (χ1) is 6.34. The van der Waals surface area contributed by atoms with E-state index in [0.29, 0.717) is 0 Å². The molecule has 1 nitrogen and oxygen atoms in total. The molecule has 0 bridgehead atoms. The van der Waals surface area contributed by atoms with Gasteiger partial charge in [-0.15, -0.1) is 0 Å². The summed E-state index contributed by atoms with van der Waals surface area (Å²) in [4.78, 5) is 0. The van der Waals surface area contributed by atoms with Crippen molar-refractivity contribution in [2.45, 2.75) is 19.8 Å². The third-order valence-electron chi connectivity index (χ3n) is 2.04. The lowest BCUT2D eigenvalue weighted by molar-refractivity contribution is 0.289. The number of aliphatic hydroxyl groups excluding tert-OH is 1. The van der Waals surface area contributed by atoms with Gasteiger partial charge in [0.1, 0.15) is 0 Å². The summed E-state index contributed by atoms with van der Waals surface area (Å²) in [6.45, 7) is 2.38. The minimum atomic E-state index is 0.276. The van der Waals surface area contributed by atoms with Crippen LogP contribution in [-0.4, -0.2) is 11.7 Å². The molecule has 1 heteroatoms. The third kappa shape index (κ3) is 3.43. The fourth-order valence-corrected chi connectivity index (χ4v) is 1.23. The molecule has 1 aromatic rings. The summed E-state index contributed by atoms with van der Waals surface area (Å²) < 4.78 is 0. The first-order valence-electron chi connectivity index (χ1n) is 4.67. The van der Waals surface area contributed by atoms with Crippen LogP contribution < -0.4 is 0 Å². The molecule has 0 amide bonds. The molecule has 1 aromatic carbocycles. The van der Waals surface area contributed by atoms with Crippen LogP contribution in [0, 0.1) is 0 Å². The predicted molar refractivity (Wildman–Crippen MR) is 56.4 cm³/mol. The molecule has 1 rings (SSSR count). The van der Waals surface area contributed by atoms with E-state index in [2.05, 4.69) is 25.1 Å². The number of aliphatic hydroxyl groups is 1. The van der Waals surface area contributed by atoms with Crippen LogP contribution >= 0.6 is 0 Å². The van der Waals surface area contributed by atoms with E-state index in [4.69, 9.17) is 5.11 Å². The van der Waals surface area contributed by atoms with Gasteiger partial charge in [-0.3, -0.25) is 0 Å². The maximum atomic E-state index is 8.62. The average Bonchev–Trinajstić information content (AvgIpc) is 2.19. The lowest BCUT2D eigenvalue weighted by Crippen LogP contribution is -1.82. The molecular formula is C12H16O. The Hall–Kier alpha value is -1.08. The zero-order valence-electron chi connectivity index (χ0n) is 8.03. The predicted octanol–water partition coefficient (Wildman–Crippen LogP) is 2.86. The standard InChI is InChI=1S/C12H16O/c1-11(7-5-6-10-13)12-8-3-2-4-9-12/h2-4,7-9,13H,5-6,10H2,1H3/b11-7-. The molecular weight excluding hydrogens is 160 g/mol. The van der Waals surface area contributed by atoms with E-state index < -0.39 is 0 Å². The Morgan fingerprint density at radius 1 is 1.31 bits per heavy atom. The monoisotopic (exact) mass is 176 g/mol. The van der Waals surface area contributed by atoms with Gasteiger partial charge in [0.25, 0.3) is 0 Å². The van der Waals surface area contributed by atoms with E-state index in [1.807, 2.05) is 18.2 Å². The quantitative estimate of drug-likeness (QED) is 0.699. The lowest BCUT2D eigenvalue weighted by atomic mass is 10.1. The van der Waals surface area contributed by atoms with Crippen molar-refractivity contribution in [3.63, 3.8) is 0 Å². The normalized spacial score (nSPS) is 11.7. The molecule has 0 radical (unpaired) electrons. The molecule has 13 heavy (non-hydrogen) atoms. The Kier molecular flexibility index (Phi) is 4.27. The summed E-state index contributed by atoms with van der Waals surface area (Å²) in [5, 5.41) is 8.62. The number of rotatable bonds is 4. The largest absolute Gasteiger partial charge is 0.396 e. The molecule has 70 valence electrons. The number of benzene rings is 1. The van der Waals surface area contributed by atoms with Gasteiger partial charge in [0.2, 0.25) is 0 Å². The number of allylic oxidation sites excluding steroid dienone is 2. The van der Waals surface area contributed by atoms with E-state index in [-0.39, 0.29) is 6.61 Å². The molecule has 1 N–H and O–H groups in total. The summed E-state index contributed by atoms with van der Waals surface area (Å²) in [5.41, 5.74) is 2.55. The maximum absolute atomic E-state index is 8.62. The lowest BCUT2D eigenvalue weighted by Gasteiger charge is -2.00. The SMILES string of the molecule is C/C(=C/CCCO)c1ccccc1. The molecule has 0 saturated heterocycles. The van der Waals surface area contributed by atoms with Crippen LogP contribution in [0.2, 0.25) is 0 Å². The van der Waals surface area contributed by atoms with Crippen LogP contribution in [0.1, 0.15) is 25.3 Å². The highest BCUT2D eigenvalue weighted by atomic mass is 16.2. The van der Waals surface area contributed by atoms with Crippen LogP contribution in [0.25, 0.3) is 5.57 Å². The molecule has 0 unspecified atom stereocenters. The van der Waals surface area contributed by atoms with Crippen molar-refractivity contribution in [1.29, 1.82) is 0 Å². The molecule has 0 aliphatic heterocycles. The van der Waals surface area contributed by atoms with Gasteiger partial charge in [0.15, 0.2) is 0 Å². The topological polar surface area (TPSA) is 20.2 Å². The van der Waals surface area contributed by atoms with Crippen molar-refractivity contribution in [2.24, 2.45) is 0 Å². The van der Waals surface area contributed by atoms with Gasteiger partial charge in [0.05, 0.1) is 0 Å². The molecule has 0 saturated carbocycles. The van der Waals surface area contributed by atoms with Crippen molar-refractivity contribution in [3.05, 3.63) is 42.0 Å². The molecule has 0 aliphatic rings. The van der Waals surface area contributed by atoms with Crippen LogP contribution in [0.5, 0.6) is 0 Å². The second-order valence-corrected chi connectivity index (χ2v) is 3.12. The van der Waals surface area contributed by atoms with Gasteiger partial charge >= 0.3 is 0 Å². The Bertz CT molecular complexity index is 262.